The largest absolute Gasteiger partial charge is 0.481 e. The molecule has 0 aliphatic rings. The summed E-state index contributed by atoms with van der Waals surface area (Å²) < 4.78 is 7.86. The second-order valence-electron chi connectivity index (χ2n) is 9.37. The Labute approximate surface area is 200 Å². The monoisotopic (exact) mass is 454 g/mol. The molecule has 1 amide bonds. The summed E-state index contributed by atoms with van der Waals surface area (Å²) in [7, 11) is 0. The van der Waals surface area contributed by atoms with Crippen LogP contribution in [0.3, 0.4) is 0 Å². The summed E-state index contributed by atoms with van der Waals surface area (Å²) in [5, 5.41) is 5.10. The molecule has 4 rings (SSSR count). The van der Waals surface area contributed by atoms with Gasteiger partial charge in [0.25, 0.3) is 5.91 Å². The lowest BCUT2D eigenvalue weighted by molar-refractivity contribution is -0.123. The fourth-order valence-corrected chi connectivity index (χ4v) is 3.97. The van der Waals surface area contributed by atoms with Gasteiger partial charge in [-0.1, -0.05) is 51.1 Å². The van der Waals surface area contributed by atoms with Crippen molar-refractivity contribution in [3.05, 3.63) is 89.4 Å². The van der Waals surface area contributed by atoms with E-state index < -0.39 is 0 Å². The fraction of sp³-hybridized carbons (Fsp3) is 0.250. The molecule has 4 aromatic rings. The highest BCUT2D eigenvalue weighted by molar-refractivity contribution is 5.86. The van der Waals surface area contributed by atoms with E-state index in [1.807, 2.05) is 31.2 Å². The molecule has 1 N–H and O–H groups in total. The average Bonchev–Trinajstić information content (AvgIpc) is 3.10. The zero-order valence-electron chi connectivity index (χ0n) is 20.3. The molecule has 0 bridgehead atoms. The Balaban J connectivity index is 1.41. The van der Waals surface area contributed by atoms with Gasteiger partial charge in [-0.05, 0) is 55.2 Å². The van der Waals surface area contributed by atoms with Crippen LogP contribution in [-0.4, -0.2) is 28.3 Å². The number of aryl methyl sites for hydroxylation is 1. The summed E-state index contributed by atoms with van der Waals surface area (Å²) in [6.45, 7) is 10.6. The lowest BCUT2D eigenvalue weighted by atomic mass is 9.87. The SMILES string of the molecule is Cc1cc(/C=N/NC(=O)COc2cccc3cccnc23)c(C)n1-c1ccc(C(C)(C)C)cc1. The molecule has 6 heteroatoms. The van der Waals surface area contributed by atoms with E-state index in [9.17, 15) is 4.79 Å². The lowest BCUT2D eigenvalue weighted by Gasteiger charge is -2.20. The lowest BCUT2D eigenvalue weighted by Crippen LogP contribution is -2.24. The second-order valence-corrected chi connectivity index (χ2v) is 9.37. The predicted octanol–water partition coefficient (Wildman–Crippen LogP) is 5.47. The number of ether oxygens (including phenoxy) is 1. The normalized spacial score (nSPS) is 11.8. The number of nitrogens with zero attached hydrogens (tertiary/aromatic N) is 3. The van der Waals surface area contributed by atoms with Crippen molar-refractivity contribution in [2.75, 3.05) is 6.61 Å². The number of fused-ring (bicyclic) bond motifs is 1. The summed E-state index contributed by atoms with van der Waals surface area (Å²) in [6, 6.07) is 20.1. The molecule has 6 nitrogen and oxygen atoms in total. The van der Waals surface area contributed by atoms with Crippen LogP contribution < -0.4 is 10.2 Å². The summed E-state index contributed by atoms with van der Waals surface area (Å²) in [5.74, 6) is 0.231. The molecule has 0 atom stereocenters. The van der Waals surface area contributed by atoms with Crippen LogP contribution in [0.1, 0.15) is 43.3 Å². The van der Waals surface area contributed by atoms with Gasteiger partial charge in [0, 0.05) is 34.2 Å². The molecule has 0 unspecified atom stereocenters. The number of hydrogen-bond donors (Lipinski definition) is 1. The number of para-hydroxylation sites is 1. The van der Waals surface area contributed by atoms with Crippen molar-refractivity contribution in [3.8, 4) is 11.4 Å². The fourth-order valence-electron chi connectivity index (χ4n) is 3.97. The van der Waals surface area contributed by atoms with E-state index >= 15 is 0 Å². The Morgan fingerprint density at radius 1 is 1.09 bits per heavy atom. The zero-order valence-corrected chi connectivity index (χ0v) is 20.3. The first-order valence-corrected chi connectivity index (χ1v) is 11.3. The molecule has 0 radical (unpaired) electrons. The molecule has 0 saturated carbocycles. The zero-order chi connectivity index (χ0) is 24.3. The first-order valence-electron chi connectivity index (χ1n) is 11.3. The van der Waals surface area contributed by atoms with E-state index in [1.54, 1.807) is 18.5 Å². The molecule has 2 aromatic carbocycles. The highest BCUT2D eigenvalue weighted by Crippen LogP contribution is 2.26. The number of aromatic nitrogens is 2. The van der Waals surface area contributed by atoms with Crippen molar-refractivity contribution in [1.82, 2.24) is 15.0 Å². The van der Waals surface area contributed by atoms with Gasteiger partial charge in [-0.25, -0.2) is 5.43 Å². The highest BCUT2D eigenvalue weighted by atomic mass is 16.5. The van der Waals surface area contributed by atoms with E-state index in [4.69, 9.17) is 4.74 Å². The maximum atomic E-state index is 12.3. The van der Waals surface area contributed by atoms with Crippen LogP contribution in [0.2, 0.25) is 0 Å². The molecule has 2 aromatic heterocycles. The summed E-state index contributed by atoms with van der Waals surface area (Å²) in [4.78, 5) is 16.6. The second kappa shape index (κ2) is 9.51. The Bertz CT molecular complexity index is 1340. The van der Waals surface area contributed by atoms with Crippen LogP contribution >= 0.6 is 0 Å². The molecule has 0 saturated heterocycles. The van der Waals surface area contributed by atoms with E-state index in [-0.39, 0.29) is 17.9 Å². The Morgan fingerprint density at radius 2 is 1.82 bits per heavy atom. The van der Waals surface area contributed by atoms with Gasteiger partial charge in [0.1, 0.15) is 11.3 Å². The van der Waals surface area contributed by atoms with Gasteiger partial charge in [-0.2, -0.15) is 5.10 Å². The third kappa shape index (κ3) is 5.01. The van der Waals surface area contributed by atoms with E-state index in [0.29, 0.717) is 5.75 Å². The smallest absolute Gasteiger partial charge is 0.277 e. The van der Waals surface area contributed by atoms with E-state index in [2.05, 4.69) is 78.1 Å². The molecule has 0 aliphatic carbocycles. The summed E-state index contributed by atoms with van der Waals surface area (Å²) in [6.07, 6.45) is 3.37. The Hall–Kier alpha value is -3.93. The number of hydrazone groups is 1. The first kappa shape index (κ1) is 23.2. The molecule has 0 aliphatic heterocycles. The van der Waals surface area contributed by atoms with Gasteiger partial charge in [0.15, 0.2) is 6.61 Å². The predicted molar refractivity (Wildman–Crippen MR) is 137 cm³/mol. The molecule has 0 spiro atoms. The van der Waals surface area contributed by atoms with E-state index in [1.165, 1.54) is 5.56 Å². The maximum absolute atomic E-state index is 12.3. The van der Waals surface area contributed by atoms with Crippen LogP contribution in [0.15, 0.2) is 72.0 Å². The van der Waals surface area contributed by atoms with Crippen LogP contribution in [0, 0.1) is 13.8 Å². The molecule has 0 fully saturated rings. The minimum absolute atomic E-state index is 0.114. The average molecular weight is 455 g/mol. The number of rotatable bonds is 6. The standard InChI is InChI=1S/C28H30N4O2/c1-19-16-22(20(2)32(19)24-13-11-23(12-14-24)28(3,4)5)17-30-31-26(33)18-34-25-10-6-8-21-9-7-15-29-27(21)25/h6-17H,18H2,1-5H3,(H,31,33)/b30-17+. The number of nitrogens with one attached hydrogen (secondary N) is 1. The van der Waals surface area contributed by atoms with Gasteiger partial charge in [-0.15, -0.1) is 0 Å². The number of carbonyl (C=O) groups is 1. The molecule has 34 heavy (non-hydrogen) atoms. The third-order valence-corrected chi connectivity index (χ3v) is 5.81. The number of amides is 1. The van der Waals surface area contributed by atoms with Crippen molar-refractivity contribution in [2.24, 2.45) is 5.10 Å². The number of benzene rings is 2. The van der Waals surface area contributed by atoms with Crippen LogP contribution in [0.5, 0.6) is 5.75 Å². The highest BCUT2D eigenvalue weighted by Gasteiger charge is 2.15. The van der Waals surface area contributed by atoms with Gasteiger partial charge in [0.05, 0.1) is 6.21 Å². The maximum Gasteiger partial charge on any atom is 0.277 e. The quantitative estimate of drug-likeness (QED) is 0.310. The third-order valence-electron chi connectivity index (χ3n) is 5.81. The molecule has 2 heterocycles. The van der Waals surface area contributed by atoms with E-state index in [0.717, 1.165) is 33.5 Å². The van der Waals surface area contributed by atoms with Crippen molar-refractivity contribution < 1.29 is 9.53 Å². The van der Waals surface area contributed by atoms with Crippen molar-refractivity contribution in [3.63, 3.8) is 0 Å². The topological polar surface area (TPSA) is 68.5 Å². The Morgan fingerprint density at radius 3 is 2.56 bits per heavy atom. The van der Waals surface area contributed by atoms with Gasteiger partial charge >= 0.3 is 0 Å². The minimum atomic E-state index is -0.337. The number of hydrogen-bond acceptors (Lipinski definition) is 4. The Kier molecular flexibility index (Phi) is 6.50. The van der Waals surface area contributed by atoms with Gasteiger partial charge in [0.2, 0.25) is 0 Å². The molecule has 174 valence electrons. The molecular weight excluding hydrogens is 424 g/mol. The van der Waals surface area contributed by atoms with Crippen molar-refractivity contribution in [2.45, 2.75) is 40.0 Å². The summed E-state index contributed by atoms with van der Waals surface area (Å²) >= 11 is 0. The molecular formula is C28H30N4O2. The number of carbonyl (C=O) groups excluding carboxylic acids is 1. The summed E-state index contributed by atoms with van der Waals surface area (Å²) in [5.41, 5.74) is 8.87. The van der Waals surface area contributed by atoms with Crippen molar-refractivity contribution in [1.29, 1.82) is 0 Å². The first-order chi connectivity index (χ1) is 16.2. The number of pyridine rings is 1. The van der Waals surface area contributed by atoms with Crippen LogP contribution in [0.25, 0.3) is 16.6 Å². The van der Waals surface area contributed by atoms with Crippen molar-refractivity contribution >= 4 is 23.0 Å². The van der Waals surface area contributed by atoms with Gasteiger partial charge < -0.3 is 9.30 Å². The van der Waals surface area contributed by atoms with Crippen LogP contribution in [-0.2, 0) is 10.2 Å². The minimum Gasteiger partial charge on any atom is -0.481 e. The van der Waals surface area contributed by atoms with Crippen LogP contribution in [0.4, 0.5) is 0 Å². The van der Waals surface area contributed by atoms with Gasteiger partial charge in [-0.3, -0.25) is 9.78 Å².